The van der Waals surface area contributed by atoms with E-state index in [9.17, 15) is 9.00 Å². The third kappa shape index (κ3) is 14.3. The third-order valence-corrected chi connectivity index (χ3v) is 3.27. The number of ether oxygens (including phenoxy) is 2. The van der Waals surface area contributed by atoms with E-state index in [0.717, 1.165) is 5.71 Å². The number of nitrogens with zero attached hydrogens (tertiary/aromatic N) is 1. The van der Waals surface area contributed by atoms with Crippen molar-refractivity contribution in [1.82, 2.24) is 6.15 Å². The van der Waals surface area contributed by atoms with Crippen LogP contribution in [0.5, 0.6) is 0 Å². The maximum Gasteiger partial charge on any atom is 0.184 e. The summed E-state index contributed by atoms with van der Waals surface area (Å²) in [6, 6.07) is 0. The molecular weight excluding hydrogens is 304 g/mol. The molecule has 0 aliphatic carbocycles. The van der Waals surface area contributed by atoms with Crippen molar-refractivity contribution in [3.05, 3.63) is 0 Å². The fourth-order valence-electron chi connectivity index (χ4n) is 0.686. The van der Waals surface area contributed by atoms with Gasteiger partial charge in [-0.05, 0) is 26.2 Å². The molecule has 22 heavy (non-hydrogen) atoms. The van der Waals surface area contributed by atoms with Gasteiger partial charge in [-0.3, -0.25) is 4.79 Å². The Morgan fingerprint density at radius 1 is 0.909 bits per heavy atom. The van der Waals surface area contributed by atoms with Crippen molar-refractivity contribution in [3.8, 4) is 0 Å². The average molecular weight is 336 g/mol. The highest BCUT2D eigenvalue weighted by atomic mass is 32.2. The monoisotopic (exact) mass is 336 g/mol. The highest BCUT2D eigenvalue weighted by molar-refractivity contribution is 7.85. The zero-order valence-corrected chi connectivity index (χ0v) is 15.8. The zero-order chi connectivity index (χ0) is 16.7. The van der Waals surface area contributed by atoms with Gasteiger partial charge < -0.3 is 15.6 Å². The maximum atomic E-state index is 11.3. The predicted molar refractivity (Wildman–Crippen MR) is 92.1 cm³/mol. The van der Waals surface area contributed by atoms with E-state index < -0.39 is 11.0 Å². The van der Waals surface area contributed by atoms with Crippen molar-refractivity contribution in [2.24, 2.45) is 9.81 Å². The van der Waals surface area contributed by atoms with Crippen molar-refractivity contribution in [3.63, 3.8) is 0 Å². The summed E-state index contributed by atoms with van der Waals surface area (Å²) in [7, 11) is -1.11. The van der Waals surface area contributed by atoms with E-state index >= 15 is 0 Å². The first kappa shape index (κ1) is 23.6. The third-order valence-electron chi connectivity index (χ3n) is 1.80. The minimum absolute atomic E-state index is 0. The molecule has 3 N–H and O–H groups in total. The molecule has 0 spiro atoms. The van der Waals surface area contributed by atoms with E-state index in [1.807, 2.05) is 20.8 Å². The van der Waals surface area contributed by atoms with Crippen molar-refractivity contribution >= 4 is 22.5 Å². The predicted octanol–water partition coefficient (Wildman–Crippen LogP) is 2.72. The molecule has 132 valence electrons. The summed E-state index contributed by atoms with van der Waals surface area (Å²) < 4.78 is 24.5. The van der Waals surface area contributed by atoms with Crippen LogP contribution >= 0.6 is 0 Å². The first-order chi connectivity index (χ1) is 9.39. The maximum absolute atomic E-state index is 11.3. The molecule has 0 aromatic carbocycles. The van der Waals surface area contributed by atoms with Gasteiger partial charge in [-0.25, -0.2) is 4.21 Å². The normalized spacial score (nSPS) is 18.1. The first-order valence-corrected chi connectivity index (χ1v) is 8.16. The Bertz CT molecular complexity index is 377. The Hall–Kier alpha value is -0.630. The second-order valence-corrected chi connectivity index (χ2v) is 9.45. The lowest BCUT2D eigenvalue weighted by molar-refractivity contribution is -0.140. The number of carbonyl (C=O) groups is 1. The lowest BCUT2D eigenvalue weighted by Gasteiger charge is -2.19. The van der Waals surface area contributed by atoms with Crippen LogP contribution in [-0.2, 0) is 25.3 Å². The second kappa shape index (κ2) is 10.2. The van der Waals surface area contributed by atoms with Gasteiger partial charge in [0.2, 0.25) is 0 Å². The second-order valence-electron chi connectivity index (χ2n) is 7.54. The summed E-state index contributed by atoms with van der Waals surface area (Å²) in [5, 5.41) is 0. The molecule has 1 atom stereocenters. The van der Waals surface area contributed by atoms with E-state index in [1.165, 1.54) is 0 Å². The minimum Gasteiger partial charge on any atom is -0.369 e. The van der Waals surface area contributed by atoms with E-state index in [4.69, 9.17) is 4.74 Å². The average Bonchev–Trinajstić information content (AvgIpc) is 2.17. The molecular formula is C15H32N2O4S. The van der Waals surface area contributed by atoms with Crippen LogP contribution in [0.2, 0.25) is 0 Å². The minimum atomic E-state index is -1.11. The Morgan fingerprint density at radius 2 is 1.23 bits per heavy atom. The quantitative estimate of drug-likeness (QED) is 0.793. The molecule has 0 saturated carbocycles. The summed E-state index contributed by atoms with van der Waals surface area (Å²) in [4.78, 5) is 9.77. The highest BCUT2D eigenvalue weighted by Crippen LogP contribution is 2.13. The highest BCUT2D eigenvalue weighted by Gasteiger charge is 2.21. The molecule has 6 nitrogen and oxygen atoms in total. The van der Waals surface area contributed by atoms with Gasteiger partial charge in [0.25, 0.3) is 0 Å². The van der Waals surface area contributed by atoms with Crippen molar-refractivity contribution in [2.45, 2.75) is 53.2 Å². The van der Waals surface area contributed by atoms with E-state index in [0.29, 0.717) is 31.8 Å². The van der Waals surface area contributed by atoms with Gasteiger partial charge in [-0.15, -0.1) is 0 Å². The van der Waals surface area contributed by atoms with Crippen LogP contribution in [0.15, 0.2) is 4.40 Å². The molecule has 1 unspecified atom stereocenters. The summed E-state index contributed by atoms with van der Waals surface area (Å²) in [5.74, 6) is 0.213. The molecule has 0 aromatic heterocycles. The van der Waals surface area contributed by atoms with Crippen LogP contribution in [0.1, 0.15) is 48.5 Å². The Labute approximate surface area is 137 Å². The lowest BCUT2D eigenvalue weighted by Crippen LogP contribution is -2.30. The molecule has 7 heteroatoms. The number of rotatable bonds is 1. The molecule has 2 aliphatic rings. The van der Waals surface area contributed by atoms with Gasteiger partial charge in [0.05, 0.1) is 23.7 Å². The van der Waals surface area contributed by atoms with Crippen LogP contribution in [-0.4, -0.2) is 46.9 Å². The fraction of sp³-hybridized carbons (Fsp3) is 0.867. The first-order valence-electron chi connectivity index (χ1n) is 7.05. The molecule has 0 aromatic rings. The van der Waals surface area contributed by atoms with Crippen molar-refractivity contribution in [2.75, 3.05) is 26.4 Å². The fourth-order valence-corrected chi connectivity index (χ4v) is 1.30. The SMILES string of the molecule is CC(C)(C)C.CC(C)(C)S(=O)N=C1COC1.N.O=C1COC1. The van der Waals surface area contributed by atoms with Gasteiger partial charge in [-0.2, -0.15) is 4.40 Å². The Balaban J connectivity index is 0. The van der Waals surface area contributed by atoms with E-state index in [2.05, 4.69) is 36.8 Å². The summed E-state index contributed by atoms with van der Waals surface area (Å²) >= 11 is 0. The smallest absolute Gasteiger partial charge is 0.184 e. The number of Topliss-reactive ketones (excluding diaryl/α,β-unsaturated/α-hetero) is 1. The van der Waals surface area contributed by atoms with Crippen molar-refractivity contribution < 1.29 is 18.5 Å². The van der Waals surface area contributed by atoms with Crippen LogP contribution in [0.25, 0.3) is 0 Å². The van der Waals surface area contributed by atoms with Gasteiger partial charge in [0, 0.05) is 0 Å². The molecule has 2 fully saturated rings. The van der Waals surface area contributed by atoms with Gasteiger partial charge >= 0.3 is 0 Å². The number of hydrogen-bond acceptors (Lipinski definition) is 5. The van der Waals surface area contributed by atoms with Crippen LogP contribution < -0.4 is 6.15 Å². The summed E-state index contributed by atoms with van der Waals surface area (Å²) in [6.07, 6.45) is 0. The summed E-state index contributed by atoms with van der Waals surface area (Å²) in [6.45, 7) is 16.3. The van der Waals surface area contributed by atoms with Crippen LogP contribution in [0.4, 0.5) is 0 Å². The summed E-state index contributed by atoms with van der Waals surface area (Å²) in [5.41, 5.74) is 1.42. The van der Waals surface area contributed by atoms with Gasteiger partial charge in [0.1, 0.15) is 24.2 Å². The van der Waals surface area contributed by atoms with E-state index in [-0.39, 0.29) is 16.7 Å². The molecule has 2 saturated heterocycles. The number of carbonyl (C=O) groups excluding carboxylic acids is 1. The molecule has 0 bridgehead atoms. The van der Waals surface area contributed by atoms with Crippen molar-refractivity contribution in [1.29, 1.82) is 0 Å². The largest absolute Gasteiger partial charge is 0.369 e. The number of hydrogen-bond donors (Lipinski definition) is 1. The Morgan fingerprint density at radius 3 is 1.36 bits per heavy atom. The number of ketones is 1. The standard InChI is InChI=1S/C7H13NO2S.C5H12.C3H4O2.H3N/c1-7(2,3)11(9)8-6-4-10-5-6;1-5(2,3)4;4-3-1-5-2-3;/h4-5H2,1-3H3;1-4H3;1-2H2;1H3. The molecule has 2 aliphatic heterocycles. The van der Waals surface area contributed by atoms with Crippen LogP contribution in [0, 0.1) is 5.41 Å². The Kier molecular flexibility index (Phi) is 11.0. The molecule has 0 amide bonds. The topological polar surface area (TPSA) is 100.0 Å². The van der Waals surface area contributed by atoms with Crippen LogP contribution in [0.3, 0.4) is 0 Å². The molecule has 2 heterocycles. The molecule has 2 rings (SSSR count). The van der Waals surface area contributed by atoms with E-state index in [1.54, 1.807) is 0 Å². The molecule has 0 radical (unpaired) electrons. The zero-order valence-electron chi connectivity index (χ0n) is 15.0. The van der Waals surface area contributed by atoms with Gasteiger partial charge in [0.15, 0.2) is 5.78 Å². The van der Waals surface area contributed by atoms with Gasteiger partial charge in [-0.1, -0.05) is 27.7 Å². The lowest BCUT2D eigenvalue weighted by atomic mass is 10.0.